The predicted octanol–water partition coefficient (Wildman–Crippen LogP) is 0.580. The van der Waals surface area contributed by atoms with E-state index < -0.39 is 0 Å². The molecule has 0 aliphatic heterocycles. The van der Waals surface area contributed by atoms with Crippen LogP contribution in [0, 0.1) is 6.92 Å². The van der Waals surface area contributed by atoms with Gasteiger partial charge < -0.3 is 5.32 Å². The summed E-state index contributed by atoms with van der Waals surface area (Å²) in [7, 11) is 0. The molecule has 0 amide bonds. The number of hydrogen-bond donors (Lipinski definition) is 3. The molecule has 2 heterocycles. The quantitative estimate of drug-likeness (QED) is 0.606. The molecule has 0 atom stereocenters. The topological polar surface area (TPSA) is 82.3 Å². The maximum atomic E-state index is 3.97. The number of H-pyrrole nitrogens is 2. The van der Waals surface area contributed by atoms with E-state index in [9.17, 15) is 0 Å². The Balaban J connectivity index is 2.14. The summed E-state index contributed by atoms with van der Waals surface area (Å²) in [4.78, 5) is 3.89. The summed E-state index contributed by atoms with van der Waals surface area (Å²) in [6.07, 6.45) is 1.43. The second-order valence-electron chi connectivity index (χ2n) is 2.40. The largest absolute Gasteiger partial charge is 0.308 e. The fourth-order valence-corrected chi connectivity index (χ4v) is 0.869. The molecule has 2 aromatic rings. The summed E-state index contributed by atoms with van der Waals surface area (Å²) in [5.41, 5.74) is 0.997. The monoisotopic (exact) mass is 164 g/mol. The molecule has 6 nitrogen and oxygen atoms in total. The molecule has 6 heteroatoms. The van der Waals surface area contributed by atoms with Crippen LogP contribution in [0.3, 0.4) is 0 Å². The van der Waals surface area contributed by atoms with Crippen molar-refractivity contribution in [1.29, 1.82) is 0 Å². The Kier molecular flexibility index (Phi) is 1.51. The van der Waals surface area contributed by atoms with E-state index >= 15 is 0 Å². The molecule has 3 N–H and O–H groups in total. The van der Waals surface area contributed by atoms with Crippen LogP contribution in [0.25, 0.3) is 0 Å². The fourth-order valence-electron chi connectivity index (χ4n) is 0.869. The fraction of sp³-hybridized carbons (Fsp3) is 0.167. The van der Waals surface area contributed by atoms with Crippen LogP contribution in [0.15, 0.2) is 12.4 Å². The SMILES string of the molecule is Cc1cc(Nc2ncn[nH]2)n[nH]1. The number of nitrogens with one attached hydrogen (secondary N) is 3. The van der Waals surface area contributed by atoms with Crippen molar-refractivity contribution in [2.75, 3.05) is 5.32 Å². The average molecular weight is 164 g/mol. The lowest BCUT2D eigenvalue weighted by atomic mass is 10.5. The molecule has 0 aliphatic carbocycles. The van der Waals surface area contributed by atoms with Crippen molar-refractivity contribution in [3.05, 3.63) is 18.1 Å². The van der Waals surface area contributed by atoms with Crippen LogP contribution in [0.2, 0.25) is 0 Å². The maximum absolute atomic E-state index is 3.97. The Hall–Kier alpha value is -1.85. The minimum atomic E-state index is 0.585. The summed E-state index contributed by atoms with van der Waals surface area (Å²) in [6.45, 7) is 1.93. The number of aromatic amines is 2. The van der Waals surface area contributed by atoms with E-state index in [0.29, 0.717) is 5.95 Å². The van der Waals surface area contributed by atoms with E-state index in [0.717, 1.165) is 11.5 Å². The van der Waals surface area contributed by atoms with Crippen LogP contribution in [0.5, 0.6) is 0 Å². The van der Waals surface area contributed by atoms with Gasteiger partial charge in [-0.2, -0.15) is 15.2 Å². The number of anilines is 2. The highest BCUT2D eigenvalue weighted by atomic mass is 15.3. The van der Waals surface area contributed by atoms with Crippen molar-refractivity contribution in [1.82, 2.24) is 25.4 Å². The number of nitrogens with zero attached hydrogens (tertiary/aromatic N) is 3. The standard InChI is InChI=1S/C6H8N6/c1-4-2-5(11-10-4)9-6-7-3-8-12-6/h2-3H,1H3,(H3,7,8,9,10,11,12). The molecule has 0 aliphatic rings. The third-order valence-electron chi connectivity index (χ3n) is 1.37. The van der Waals surface area contributed by atoms with Gasteiger partial charge in [0.2, 0.25) is 5.95 Å². The highest BCUT2D eigenvalue weighted by molar-refractivity contribution is 5.46. The lowest BCUT2D eigenvalue weighted by molar-refractivity contribution is 1.04. The molecule has 12 heavy (non-hydrogen) atoms. The smallest absolute Gasteiger partial charge is 0.224 e. The first-order chi connectivity index (χ1) is 5.84. The van der Waals surface area contributed by atoms with E-state index in [1.165, 1.54) is 6.33 Å². The van der Waals surface area contributed by atoms with Gasteiger partial charge in [0.25, 0.3) is 0 Å². The van der Waals surface area contributed by atoms with Gasteiger partial charge in [-0.05, 0) is 6.92 Å². The normalized spacial score (nSPS) is 10.1. The van der Waals surface area contributed by atoms with Crippen molar-refractivity contribution < 1.29 is 0 Å². The van der Waals surface area contributed by atoms with Crippen molar-refractivity contribution in [2.45, 2.75) is 6.92 Å². The number of aryl methyl sites for hydroxylation is 1. The molecule has 0 bridgehead atoms. The molecule has 0 radical (unpaired) electrons. The van der Waals surface area contributed by atoms with Gasteiger partial charge >= 0.3 is 0 Å². The number of aromatic nitrogens is 5. The van der Waals surface area contributed by atoms with E-state index in [-0.39, 0.29) is 0 Å². The molecule has 0 spiro atoms. The van der Waals surface area contributed by atoms with Crippen LogP contribution < -0.4 is 5.32 Å². The molecule has 0 saturated heterocycles. The third-order valence-corrected chi connectivity index (χ3v) is 1.37. The van der Waals surface area contributed by atoms with E-state index in [4.69, 9.17) is 0 Å². The van der Waals surface area contributed by atoms with Gasteiger partial charge in [-0.1, -0.05) is 0 Å². The molecule has 0 aromatic carbocycles. The van der Waals surface area contributed by atoms with Gasteiger partial charge in [0.05, 0.1) is 0 Å². The zero-order chi connectivity index (χ0) is 8.39. The average Bonchev–Trinajstić information content (AvgIpc) is 2.63. The summed E-state index contributed by atoms with van der Waals surface area (Å²) in [5, 5.41) is 16.1. The summed E-state index contributed by atoms with van der Waals surface area (Å²) >= 11 is 0. The highest BCUT2D eigenvalue weighted by Crippen LogP contribution is 2.08. The van der Waals surface area contributed by atoms with Crippen LogP contribution >= 0.6 is 0 Å². The van der Waals surface area contributed by atoms with Gasteiger partial charge in [-0.15, -0.1) is 0 Å². The van der Waals surface area contributed by atoms with Gasteiger partial charge in [0, 0.05) is 11.8 Å². The zero-order valence-corrected chi connectivity index (χ0v) is 6.50. The lowest BCUT2D eigenvalue weighted by Crippen LogP contribution is -1.92. The number of hydrogen-bond acceptors (Lipinski definition) is 4. The van der Waals surface area contributed by atoms with Crippen LogP contribution in [0.4, 0.5) is 11.8 Å². The minimum Gasteiger partial charge on any atom is -0.308 e. The Bertz CT molecular complexity index is 348. The Morgan fingerprint density at radius 1 is 1.42 bits per heavy atom. The molecule has 2 aromatic heterocycles. The summed E-state index contributed by atoms with van der Waals surface area (Å²) in [6, 6.07) is 1.88. The zero-order valence-electron chi connectivity index (χ0n) is 6.50. The Labute approximate surface area is 68.4 Å². The second-order valence-corrected chi connectivity index (χ2v) is 2.40. The van der Waals surface area contributed by atoms with Crippen LogP contribution in [-0.2, 0) is 0 Å². The van der Waals surface area contributed by atoms with Crippen LogP contribution in [0.1, 0.15) is 5.69 Å². The Morgan fingerprint density at radius 2 is 2.33 bits per heavy atom. The van der Waals surface area contributed by atoms with Gasteiger partial charge in [0.1, 0.15) is 6.33 Å². The van der Waals surface area contributed by atoms with Crippen molar-refractivity contribution in [3.8, 4) is 0 Å². The predicted molar refractivity (Wildman–Crippen MR) is 43.0 cm³/mol. The molecule has 62 valence electrons. The lowest BCUT2D eigenvalue weighted by Gasteiger charge is -1.93. The summed E-state index contributed by atoms with van der Waals surface area (Å²) in [5.74, 6) is 1.31. The number of rotatable bonds is 2. The van der Waals surface area contributed by atoms with Gasteiger partial charge in [-0.25, -0.2) is 5.10 Å². The molecular formula is C6H8N6. The molecule has 0 saturated carbocycles. The van der Waals surface area contributed by atoms with E-state index in [2.05, 4.69) is 30.7 Å². The first-order valence-corrected chi connectivity index (χ1v) is 3.49. The maximum Gasteiger partial charge on any atom is 0.224 e. The molecule has 2 rings (SSSR count). The van der Waals surface area contributed by atoms with Crippen LogP contribution in [-0.4, -0.2) is 25.4 Å². The highest BCUT2D eigenvalue weighted by Gasteiger charge is 1.98. The Morgan fingerprint density at radius 3 is 2.92 bits per heavy atom. The van der Waals surface area contributed by atoms with Crippen molar-refractivity contribution in [2.24, 2.45) is 0 Å². The van der Waals surface area contributed by atoms with Gasteiger partial charge in [-0.3, -0.25) is 5.10 Å². The van der Waals surface area contributed by atoms with Crippen molar-refractivity contribution >= 4 is 11.8 Å². The van der Waals surface area contributed by atoms with Crippen molar-refractivity contribution in [3.63, 3.8) is 0 Å². The van der Waals surface area contributed by atoms with E-state index in [1.807, 2.05) is 13.0 Å². The second kappa shape index (κ2) is 2.65. The molecule has 0 unspecified atom stereocenters. The first-order valence-electron chi connectivity index (χ1n) is 3.49. The third kappa shape index (κ3) is 1.26. The van der Waals surface area contributed by atoms with E-state index in [1.54, 1.807) is 0 Å². The first kappa shape index (κ1) is 6.84. The molecule has 0 fully saturated rings. The van der Waals surface area contributed by atoms with Gasteiger partial charge in [0.15, 0.2) is 5.82 Å². The summed E-state index contributed by atoms with van der Waals surface area (Å²) < 4.78 is 0. The minimum absolute atomic E-state index is 0.585. The molecular weight excluding hydrogens is 156 g/mol.